The minimum absolute atomic E-state index is 0.0793. The first-order chi connectivity index (χ1) is 28.5. The average molecular weight is 811 g/mol. The van der Waals surface area contributed by atoms with Crippen molar-refractivity contribution in [3.8, 4) is 0 Å². The number of carbonyl (C=O) groups excluding carboxylic acids is 3. The van der Waals surface area contributed by atoms with E-state index in [0.29, 0.717) is 19.3 Å². The molecule has 0 N–H and O–H groups in total. The summed E-state index contributed by atoms with van der Waals surface area (Å²) in [6.45, 7) is 6.40. The van der Waals surface area contributed by atoms with Crippen LogP contribution in [0, 0.1) is 0 Å². The average Bonchev–Trinajstić information content (AvgIpc) is 3.22. The van der Waals surface area contributed by atoms with Crippen molar-refractivity contribution in [3.05, 3.63) is 60.8 Å². The van der Waals surface area contributed by atoms with Gasteiger partial charge in [0.2, 0.25) is 0 Å². The zero-order chi connectivity index (χ0) is 42.3. The number of ether oxygens (including phenoxy) is 3. The van der Waals surface area contributed by atoms with Gasteiger partial charge in [0.15, 0.2) is 6.10 Å². The van der Waals surface area contributed by atoms with Crippen molar-refractivity contribution in [2.45, 2.75) is 239 Å². The highest BCUT2D eigenvalue weighted by molar-refractivity contribution is 5.71. The fraction of sp³-hybridized carbons (Fsp3) is 0.750. The molecule has 1 atom stereocenters. The summed E-state index contributed by atoms with van der Waals surface area (Å²) in [5, 5.41) is 0. The van der Waals surface area contributed by atoms with Crippen molar-refractivity contribution >= 4 is 17.9 Å². The largest absolute Gasteiger partial charge is 0.462 e. The van der Waals surface area contributed by atoms with Gasteiger partial charge in [0.1, 0.15) is 13.2 Å². The Labute approximate surface area is 358 Å². The maximum atomic E-state index is 12.7. The van der Waals surface area contributed by atoms with Crippen LogP contribution in [0.15, 0.2) is 60.8 Å². The van der Waals surface area contributed by atoms with Gasteiger partial charge in [-0.25, -0.2) is 0 Å². The third kappa shape index (κ3) is 44.2. The number of carbonyl (C=O) groups is 3. The smallest absolute Gasteiger partial charge is 0.306 e. The number of allylic oxidation sites excluding steroid dienone is 10. The quantitative estimate of drug-likeness (QED) is 0.0264. The van der Waals surface area contributed by atoms with Gasteiger partial charge >= 0.3 is 17.9 Å². The van der Waals surface area contributed by atoms with Crippen molar-refractivity contribution in [1.29, 1.82) is 0 Å². The van der Waals surface area contributed by atoms with Crippen molar-refractivity contribution in [2.24, 2.45) is 0 Å². The van der Waals surface area contributed by atoms with Crippen LogP contribution in [-0.2, 0) is 28.6 Å². The van der Waals surface area contributed by atoms with E-state index < -0.39 is 6.10 Å². The summed E-state index contributed by atoms with van der Waals surface area (Å²) in [6, 6.07) is 0. The van der Waals surface area contributed by atoms with Crippen molar-refractivity contribution in [1.82, 2.24) is 0 Å². The molecular weight excluding hydrogens is 721 g/mol. The Kier molecular flexibility index (Phi) is 44.5. The number of hydrogen-bond acceptors (Lipinski definition) is 6. The molecule has 0 spiro atoms. The van der Waals surface area contributed by atoms with Crippen LogP contribution in [0.2, 0.25) is 0 Å². The highest BCUT2D eigenvalue weighted by Gasteiger charge is 2.19. The topological polar surface area (TPSA) is 78.9 Å². The molecule has 6 heteroatoms. The van der Waals surface area contributed by atoms with Crippen molar-refractivity contribution in [3.63, 3.8) is 0 Å². The molecule has 0 aliphatic rings. The van der Waals surface area contributed by atoms with Crippen molar-refractivity contribution < 1.29 is 28.6 Å². The number of unbranched alkanes of at least 4 members (excludes halogenated alkanes) is 22. The minimum atomic E-state index is -0.774. The van der Waals surface area contributed by atoms with Crippen LogP contribution >= 0.6 is 0 Å². The highest BCUT2D eigenvalue weighted by atomic mass is 16.6. The van der Waals surface area contributed by atoms with Crippen LogP contribution in [-0.4, -0.2) is 37.2 Å². The third-order valence-corrected chi connectivity index (χ3v) is 10.3. The second-order valence-corrected chi connectivity index (χ2v) is 16.0. The summed E-state index contributed by atoms with van der Waals surface area (Å²) < 4.78 is 16.6. The molecule has 6 nitrogen and oxygen atoms in total. The lowest BCUT2D eigenvalue weighted by atomic mass is 10.1. The fourth-order valence-corrected chi connectivity index (χ4v) is 6.60. The molecule has 0 fully saturated rings. The SMILES string of the molecule is CC/C=C\C/C=C\C/C=C\C/C=C\CCCCCCCCCCCCC(=O)OCC(COC(=O)CCCCCCC)OC(=O)CCCCCCC/C=C\CCCCC. The van der Waals surface area contributed by atoms with Crippen LogP contribution in [0.4, 0.5) is 0 Å². The van der Waals surface area contributed by atoms with E-state index in [-0.39, 0.29) is 31.1 Å². The number of hydrogen-bond donors (Lipinski definition) is 0. The zero-order valence-electron chi connectivity index (χ0n) is 38.0. The van der Waals surface area contributed by atoms with E-state index in [1.54, 1.807) is 0 Å². The zero-order valence-corrected chi connectivity index (χ0v) is 38.0. The van der Waals surface area contributed by atoms with E-state index in [4.69, 9.17) is 14.2 Å². The number of rotatable bonds is 43. The van der Waals surface area contributed by atoms with Crippen LogP contribution < -0.4 is 0 Å². The fourth-order valence-electron chi connectivity index (χ4n) is 6.60. The molecular formula is C52H90O6. The Morgan fingerprint density at radius 2 is 0.672 bits per heavy atom. The van der Waals surface area contributed by atoms with Gasteiger partial charge in [0.25, 0.3) is 0 Å². The molecule has 0 rings (SSSR count). The van der Waals surface area contributed by atoms with Gasteiger partial charge < -0.3 is 14.2 Å². The minimum Gasteiger partial charge on any atom is -0.462 e. The van der Waals surface area contributed by atoms with E-state index >= 15 is 0 Å². The molecule has 0 aliphatic heterocycles. The first-order valence-corrected chi connectivity index (χ1v) is 24.3. The molecule has 0 amide bonds. The van der Waals surface area contributed by atoms with Crippen LogP contribution in [0.3, 0.4) is 0 Å². The molecule has 334 valence electrons. The summed E-state index contributed by atoms with van der Waals surface area (Å²) >= 11 is 0. The van der Waals surface area contributed by atoms with E-state index in [9.17, 15) is 14.4 Å². The molecule has 1 unspecified atom stereocenters. The molecule has 0 aromatic heterocycles. The lowest BCUT2D eigenvalue weighted by molar-refractivity contribution is -0.167. The lowest BCUT2D eigenvalue weighted by Gasteiger charge is -2.18. The first kappa shape index (κ1) is 55.1. The summed E-state index contributed by atoms with van der Waals surface area (Å²) in [5.41, 5.74) is 0. The number of esters is 3. The lowest BCUT2D eigenvalue weighted by Crippen LogP contribution is -2.30. The van der Waals surface area contributed by atoms with Gasteiger partial charge in [-0.2, -0.15) is 0 Å². The Hall–Kier alpha value is -2.89. The van der Waals surface area contributed by atoms with E-state index in [1.807, 2.05) is 0 Å². The molecule has 0 saturated heterocycles. The molecule has 0 saturated carbocycles. The Morgan fingerprint density at radius 3 is 1.10 bits per heavy atom. The van der Waals surface area contributed by atoms with E-state index in [1.165, 1.54) is 89.9 Å². The van der Waals surface area contributed by atoms with Gasteiger partial charge in [0.05, 0.1) is 0 Å². The molecule has 58 heavy (non-hydrogen) atoms. The Morgan fingerprint density at radius 1 is 0.362 bits per heavy atom. The van der Waals surface area contributed by atoms with Gasteiger partial charge in [-0.3, -0.25) is 14.4 Å². The van der Waals surface area contributed by atoms with Gasteiger partial charge in [-0.1, -0.05) is 191 Å². The second-order valence-electron chi connectivity index (χ2n) is 16.0. The predicted molar refractivity (Wildman–Crippen MR) is 247 cm³/mol. The summed E-state index contributed by atoms with van der Waals surface area (Å²) in [5.74, 6) is -0.907. The monoisotopic (exact) mass is 811 g/mol. The van der Waals surface area contributed by atoms with Gasteiger partial charge in [-0.15, -0.1) is 0 Å². The molecule has 0 aromatic carbocycles. The molecule has 0 heterocycles. The maximum Gasteiger partial charge on any atom is 0.306 e. The van der Waals surface area contributed by atoms with E-state index in [0.717, 1.165) is 103 Å². The Bertz CT molecular complexity index is 1070. The second kappa shape index (κ2) is 46.8. The van der Waals surface area contributed by atoms with Crippen LogP contribution in [0.25, 0.3) is 0 Å². The van der Waals surface area contributed by atoms with Gasteiger partial charge in [0, 0.05) is 19.3 Å². The maximum absolute atomic E-state index is 12.7. The third-order valence-electron chi connectivity index (χ3n) is 10.3. The van der Waals surface area contributed by atoms with Crippen molar-refractivity contribution in [2.75, 3.05) is 13.2 Å². The van der Waals surface area contributed by atoms with Crippen LogP contribution in [0.1, 0.15) is 233 Å². The summed E-state index contributed by atoms with van der Waals surface area (Å²) in [4.78, 5) is 37.5. The summed E-state index contributed by atoms with van der Waals surface area (Å²) in [7, 11) is 0. The molecule has 0 radical (unpaired) electrons. The van der Waals surface area contributed by atoms with Crippen LogP contribution in [0.5, 0.6) is 0 Å². The molecule has 0 aromatic rings. The van der Waals surface area contributed by atoms with E-state index in [2.05, 4.69) is 81.5 Å². The predicted octanol–water partition coefficient (Wildman–Crippen LogP) is 15.7. The highest BCUT2D eigenvalue weighted by Crippen LogP contribution is 2.14. The molecule has 0 bridgehead atoms. The standard InChI is InChI=1S/C52H90O6/c1-4-7-10-13-15-17-19-21-22-23-24-25-26-27-28-29-30-31-33-34-36-39-42-45-51(54)57-48-49(47-56-50(53)44-41-38-12-9-6-3)58-52(55)46-43-40-37-35-32-20-18-16-14-11-8-5-2/h7,10,15-18,21-22,24-25,49H,4-6,8-9,11-14,19-20,23,26-48H2,1-3H3/b10-7-,17-15-,18-16-,22-21-,25-24-. The van der Waals surface area contributed by atoms with Gasteiger partial charge in [-0.05, 0) is 83.5 Å². The Balaban J connectivity index is 4.12. The molecule has 0 aliphatic carbocycles. The summed E-state index contributed by atoms with van der Waals surface area (Å²) in [6.07, 6.45) is 56.7. The normalized spacial score (nSPS) is 12.5. The first-order valence-electron chi connectivity index (χ1n) is 24.3.